The van der Waals surface area contributed by atoms with Crippen LogP contribution in [0.3, 0.4) is 0 Å². The minimum absolute atomic E-state index is 0.345. The summed E-state index contributed by atoms with van der Waals surface area (Å²) >= 11 is 5.76. The van der Waals surface area contributed by atoms with Gasteiger partial charge in [-0.25, -0.2) is 4.39 Å². The first kappa shape index (κ1) is 9.22. The maximum absolute atomic E-state index is 12.6. The van der Waals surface area contributed by atoms with Crippen LogP contribution in [0.5, 0.6) is 0 Å². The normalized spacial score (nSPS) is 10.1. The SMILES string of the molecule is Fc1[c]cc(-c2ccc(Cl)cc2)cc1. The third kappa shape index (κ3) is 1.94. The molecule has 2 aromatic carbocycles. The molecule has 0 fully saturated rings. The fourth-order valence-electron chi connectivity index (χ4n) is 1.23. The van der Waals surface area contributed by atoms with Gasteiger partial charge in [0.1, 0.15) is 5.82 Å². The molecule has 2 heteroatoms. The number of benzene rings is 2. The van der Waals surface area contributed by atoms with Crippen LogP contribution < -0.4 is 0 Å². The zero-order chi connectivity index (χ0) is 9.97. The van der Waals surface area contributed by atoms with Gasteiger partial charge in [-0.15, -0.1) is 0 Å². The molecule has 1 radical (unpaired) electrons. The molecular formula is C12H7ClF. The Morgan fingerprint density at radius 2 is 1.57 bits per heavy atom. The van der Waals surface area contributed by atoms with Crippen molar-refractivity contribution < 1.29 is 4.39 Å². The van der Waals surface area contributed by atoms with Crippen LogP contribution in [0.1, 0.15) is 0 Å². The van der Waals surface area contributed by atoms with Crippen LogP contribution in [0.25, 0.3) is 11.1 Å². The molecule has 0 spiro atoms. The summed E-state index contributed by atoms with van der Waals surface area (Å²) in [6.07, 6.45) is 0. The first-order chi connectivity index (χ1) is 6.75. The molecule has 0 heterocycles. The Labute approximate surface area is 87.0 Å². The summed E-state index contributed by atoms with van der Waals surface area (Å²) < 4.78 is 12.6. The van der Waals surface area contributed by atoms with Crippen molar-refractivity contribution in [3.8, 4) is 11.1 Å². The average Bonchev–Trinajstić information content (AvgIpc) is 2.21. The molecule has 2 aromatic rings. The molecule has 0 saturated carbocycles. The first-order valence-corrected chi connectivity index (χ1v) is 4.57. The van der Waals surface area contributed by atoms with E-state index >= 15 is 0 Å². The van der Waals surface area contributed by atoms with E-state index < -0.39 is 0 Å². The van der Waals surface area contributed by atoms with Gasteiger partial charge in [-0.2, -0.15) is 0 Å². The molecule has 2 rings (SSSR count). The maximum Gasteiger partial charge on any atom is 0.131 e. The Morgan fingerprint density at radius 3 is 2.14 bits per heavy atom. The molecule has 0 aliphatic carbocycles. The first-order valence-electron chi connectivity index (χ1n) is 4.19. The van der Waals surface area contributed by atoms with Gasteiger partial charge in [0, 0.05) is 11.1 Å². The summed E-state index contributed by atoms with van der Waals surface area (Å²) in [4.78, 5) is 0. The zero-order valence-corrected chi connectivity index (χ0v) is 8.05. The topological polar surface area (TPSA) is 0 Å². The second-order valence-corrected chi connectivity index (χ2v) is 3.37. The van der Waals surface area contributed by atoms with E-state index in [2.05, 4.69) is 6.07 Å². The van der Waals surface area contributed by atoms with Crippen molar-refractivity contribution in [2.75, 3.05) is 0 Å². The van der Waals surface area contributed by atoms with Gasteiger partial charge >= 0.3 is 0 Å². The van der Waals surface area contributed by atoms with Crippen LogP contribution in [-0.4, -0.2) is 0 Å². The van der Waals surface area contributed by atoms with Crippen molar-refractivity contribution in [2.24, 2.45) is 0 Å². The summed E-state index contributed by atoms with van der Waals surface area (Å²) in [5.74, 6) is -0.345. The van der Waals surface area contributed by atoms with Gasteiger partial charge in [0.05, 0.1) is 0 Å². The Morgan fingerprint density at radius 1 is 0.929 bits per heavy atom. The van der Waals surface area contributed by atoms with E-state index in [9.17, 15) is 4.39 Å². The maximum atomic E-state index is 12.6. The van der Waals surface area contributed by atoms with Crippen LogP contribution in [-0.2, 0) is 0 Å². The van der Waals surface area contributed by atoms with Gasteiger partial charge in [-0.05, 0) is 35.4 Å². The molecule has 0 bridgehead atoms. The Balaban J connectivity index is 2.40. The minimum Gasteiger partial charge on any atom is -0.206 e. The lowest BCUT2D eigenvalue weighted by Crippen LogP contribution is -1.78. The highest BCUT2D eigenvalue weighted by Gasteiger charge is 1.97. The van der Waals surface area contributed by atoms with Gasteiger partial charge < -0.3 is 0 Å². The predicted molar refractivity (Wildman–Crippen MR) is 55.7 cm³/mol. The van der Waals surface area contributed by atoms with E-state index in [0.717, 1.165) is 11.1 Å². The fourth-order valence-corrected chi connectivity index (χ4v) is 1.35. The lowest BCUT2D eigenvalue weighted by Gasteiger charge is -2.00. The standard InChI is InChI=1S/C12H7ClF/c13-11-5-1-9(2-6-11)10-3-7-12(14)8-4-10/h1-7H. The monoisotopic (exact) mass is 205 g/mol. The van der Waals surface area contributed by atoms with Gasteiger partial charge in [-0.3, -0.25) is 0 Å². The summed E-state index contributed by atoms with van der Waals surface area (Å²) in [6.45, 7) is 0. The predicted octanol–water partition coefficient (Wildman–Crippen LogP) is 3.95. The van der Waals surface area contributed by atoms with E-state index in [1.54, 1.807) is 24.3 Å². The van der Waals surface area contributed by atoms with Crippen molar-refractivity contribution in [3.63, 3.8) is 0 Å². The van der Waals surface area contributed by atoms with Crippen LogP contribution in [0.4, 0.5) is 4.39 Å². The summed E-state index contributed by atoms with van der Waals surface area (Å²) in [7, 11) is 0. The Bertz CT molecular complexity index is 374. The molecule has 0 atom stereocenters. The second-order valence-electron chi connectivity index (χ2n) is 2.93. The largest absolute Gasteiger partial charge is 0.206 e. The van der Waals surface area contributed by atoms with E-state index in [1.807, 2.05) is 12.1 Å². The number of hydrogen-bond acceptors (Lipinski definition) is 0. The third-order valence-electron chi connectivity index (χ3n) is 1.95. The van der Waals surface area contributed by atoms with E-state index in [-0.39, 0.29) is 5.82 Å². The lowest BCUT2D eigenvalue weighted by molar-refractivity contribution is 0.626. The molecule has 0 aliphatic rings. The second kappa shape index (κ2) is 3.81. The molecule has 0 amide bonds. The van der Waals surface area contributed by atoms with Crippen LogP contribution in [0.2, 0.25) is 5.02 Å². The zero-order valence-electron chi connectivity index (χ0n) is 7.30. The van der Waals surface area contributed by atoms with Crippen molar-refractivity contribution in [1.29, 1.82) is 0 Å². The molecule has 0 N–H and O–H groups in total. The molecule has 14 heavy (non-hydrogen) atoms. The third-order valence-corrected chi connectivity index (χ3v) is 2.20. The molecule has 0 unspecified atom stereocenters. The molecule has 0 aliphatic heterocycles. The smallest absolute Gasteiger partial charge is 0.131 e. The summed E-state index contributed by atoms with van der Waals surface area (Å²) in [5, 5.41) is 0.694. The minimum atomic E-state index is -0.345. The van der Waals surface area contributed by atoms with Gasteiger partial charge in [0.25, 0.3) is 0 Å². The van der Waals surface area contributed by atoms with E-state index in [4.69, 9.17) is 11.6 Å². The lowest BCUT2D eigenvalue weighted by atomic mass is 10.1. The molecule has 69 valence electrons. The Kier molecular flexibility index (Phi) is 2.51. The van der Waals surface area contributed by atoms with Crippen molar-refractivity contribution in [3.05, 3.63) is 59.4 Å². The highest BCUT2D eigenvalue weighted by atomic mass is 35.5. The van der Waals surface area contributed by atoms with Gasteiger partial charge in [0.2, 0.25) is 0 Å². The number of halogens is 2. The summed E-state index contributed by atoms with van der Waals surface area (Å²) in [6, 6.07) is 14.6. The van der Waals surface area contributed by atoms with Crippen LogP contribution in [0, 0.1) is 11.9 Å². The number of rotatable bonds is 1. The van der Waals surface area contributed by atoms with Crippen molar-refractivity contribution in [1.82, 2.24) is 0 Å². The quantitative estimate of drug-likeness (QED) is 0.662. The molecule has 0 nitrogen and oxygen atoms in total. The number of hydrogen-bond donors (Lipinski definition) is 0. The van der Waals surface area contributed by atoms with Crippen LogP contribution in [0.15, 0.2) is 42.5 Å². The summed E-state index contributed by atoms with van der Waals surface area (Å²) in [5.41, 5.74) is 1.94. The van der Waals surface area contributed by atoms with Crippen molar-refractivity contribution >= 4 is 11.6 Å². The highest BCUT2D eigenvalue weighted by molar-refractivity contribution is 6.30. The van der Waals surface area contributed by atoms with Gasteiger partial charge in [-0.1, -0.05) is 29.8 Å². The van der Waals surface area contributed by atoms with E-state index in [0.29, 0.717) is 5.02 Å². The molecule has 0 saturated heterocycles. The molecular weight excluding hydrogens is 199 g/mol. The molecule has 0 aromatic heterocycles. The Hall–Kier alpha value is -1.34. The van der Waals surface area contributed by atoms with Crippen molar-refractivity contribution in [2.45, 2.75) is 0 Å². The average molecular weight is 206 g/mol. The van der Waals surface area contributed by atoms with Crippen LogP contribution >= 0.6 is 11.6 Å². The van der Waals surface area contributed by atoms with E-state index in [1.165, 1.54) is 6.07 Å². The highest BCUT2D eigenvalue weighted by Crippen LogP contribution is 2.21. The fraction of sp³-hybridized carbons (Fsp3) is 0. The van der Waals surface area contributed by atoms with Gasteiger partial charge in [0.15, 0.2) is 0 Å².